The summed E-state index contributed by atoms with van der Waals surface area (Å²) in [5.41, 5.74) is 4.64. The van der Waals surface area contributed by atoms with Gasteiger partial charge >= 0.3 is 0 Å². The molecular formula is C18H9Br5. The molecule has 0 nitrogen and oxygen atoms in total. The lowest BCUT2D eigenvalue weighted by Crippen LogP contribution is -1.91. The second kappa shape index (κ2) is 7.52. The molecule has 0 saturated heterocycles. The maximum Gasteiger partial charge on any atom is 0.0482 e. The van der Waals surface area contributed by atoms with Crippen LogP contribution in [0.2, 0.25) is 0 Å². The van der Waals surface area contributed by atoms with Crippen molar-refractivity contribution in [1.29, 1.82) is 0 Å². The van der Waals surface area contributed by atoms with Crippen molar-refractivity contribution in [3.05, 3.63) is 77.0 Å². The Labute approximate surface area is 177 Å². The topological polar surface area (TPSA) is 0 Å². The molecule has 0 unspecified atom stereocenters. The monoisotopic (exact) mass is 620 g/mol. The molecule has 0 N–H and O–H groups in total. The van der Waals surface area contributed by atoms with Crippen molar-refractivity contribution in [2.24, 2.45) is 0 Å². The summed E-state index contributed by atoms with van der Waals surface area (Å²) in [5, 5.41) is 0. The molecule has 3 aromatic rings. The van der Waals surface area contributed by atoms with Crippen LogP contribution in [0.4, 0.5) is 0 Å². The minimum absolute atomic E-state index is 0.970. The van der Waals surface area contributed by atoms with Gasteiger partial charge in [-0.15, -0.1) is 0 Å². The maximum absolute atomic E-state index is 3.73. The highest BCUT2D eigenvalue weighted by molar-refractivity contribution is 9.15. The molecule has 0 saturated carbocycles. The van der Waals surface area contributed by atoms with E-state index in [-0.39, 0.29) is 0 Å². The molecule has 0 aliphatic carbocycles. The Balaban J connectivity index is 2.34. The van der Waals surface area contributed by atoms with Crippen LogP contribution in [0.25, 0.3) is 22.3 Å². The van der Waals surface area contributed by atoms with E-state index >= 15 is 0 Å². The maximum atomic E-state index is 3.73. The predicted molar refractivity (Wildman–Crippen MR) is 116 cm³/mol. The molecule has 3 rings (SSSR count). The molecule has 0 atom stereocenters. The van der Waals surface area contributed by atoms with Crippen LogP contribution >= 0.6 is 79.6 Å². The quantitative estimate of drug-likeness (QED) is 0.198. The SMILES string of the molecule is Brc1c(Br)c(Br)c(-c2ccccc2-c2ccccc2)c(Br)c1Br. The number of hydrogen-bond donors (Lipinski definition) is 0. The molecule has 0 heterocycles. The minimum Gasteiger partial charge on any atom is -0.0622 e. The van der Waals surface area contributed by atoms with Gasteiger partial charge in [0, 0.05) is 27.9 Å². The first-order valence-corrected chi connectivity index (χ1v) is 10.6. The van der Waals surface area contributed by atoms with Crippen molar-refractivity contribution in [2.75, 3.05) is 0 Å². The zero-order valence-electron chi connectivity index (χ0n) is 11.6. The second-order valence-electron chi connectivity index (χ2n) is 4.86. The number of halogens is 5. The Morgan fingerprint density at radius 1 is 0.435 bits per heavy atom. The molecule has 0 bridgehead atoms. The van der Waals surface area contributed by atoms with Gasteiger partial charge in [-0.3, -0.25) is 0 Å². The summed E-state index contributed by atoms with van der Waals surface area (Å²) in [6.07, 6.45) is 0. The van der Waals surface area contributed by atoms with Crippen molar-refractivity contribution < 1.29 is 0 Å². The summed E-state index contributed by atoms with van der Waals surface area (Å²) in [4.78, 5) is 0. The fourth-order valence-electron chi connectivity index (χ4n) is 2.41. The van der Waals surface area contributed by atoms with Gasteiger partial charge in [-0.05, 0) is 96.3 Å². The molecule has 5 heteroatoms. The zero-order valence-corrected chi connectivity index (χ0v) is 19.5. The number of benzene rings is 3. The molecule has 0 radical (unpaired) electrons. The smallest absolute Gasteiger partial charge is 0.0482 e. The first-order chi connectivity index (χ1) is 11.0. The number of hydrogen-bond acceptors (Lipinski definition) is 0. The fourth-order valence-corrected chi connectivity index (χ4v) is 5.89. The number of rotatable bonds is 2. The van der Waals surface area contributed by atoms with Crippen molar-refractivity contribution in [1.82, 2.24) is 0 Å². The van der Waals surface area contributed by atoms with Crippen molar-refractivity contribution in [2.45, 2.75) is 0 Å². The summed E-state index contributed by atoms with van der Waals surface area (Å²) in [7, 11) is 0. The van der Waals surface area contributed by atoms with Crippen molar-refractivity contribution in [3.63, 3.8) is 0 Å². The third kappa shape index (κ3) is 3.40. The molecular weight excluding hydrogens is 616 g/mol. The molecule has 0 fully saturated rings. The highest BCUT2D eigenvalue weighted by atomic mass is 79.9. The largest absolute Gasteiger partial charge is 0.0622 e. The summed E-state index contributed by atoms with van der Waals surface area (Å²) in [5.74, 6) is 0. The van der Waals surface area contributed by atoms with Crippen LogP contribution in [0.1, 0.15) is 0 Å². The van der Waals surface area contributed by atoms with E-state index in [1.54, 1.807) is 0 Å². The second-order valence-corrected chi connectivity index (χ2v) is 8.82. The van der Waals surface area contributed by atoms with Crippen LogP contribution in [-0.4, -0.2) is 0 Å². The Bertz CT molecular complexity index is 843. The van der Waals surface area contributed by atoms with Gasteiger partial charge in [0.05, 0.1) is 0 Å². The highest BCUT2D eigenvalue weighted by Gasteiger charge is 2.20. The highest BCUT2D eigenvalue weighted by Crippen LogP contribution is 2.50. The molecule has 116 valence electrons. The summed E-state index contributed by atoms with van der Waals surface area (Å²) in [6, 6.07) is 18.8. The summed E-state index contributed by atoms with van der Waals surface area (Å²) < 4.78 is 4.93. The Hall–Kier alpha value is 0.0600. The van der Waals surface area contributed by atoms with Crippen LogP contribution < -0.4 is 0 Å². The van der Waals surface area contributed by atoms with Gasteiger partial charge in [0.2, 0.25) is 0 Å². The van der Waals surface area contributed by atoms with E-state index in [0.717, 1.165) is 33.5 Å². The molecule has 0 amide bonds. The minimum atomic E-state index is 0.970. The molecule has 3 aromatic carbocycles. The lowest BCUT2D eigenvalue weighted by Gasteiger charge is -2.17. The van der Waals surface area contributed by atoms with Crippen LogP contribution in [0.3, 0.4) is 0 Å². The molecule has 0 spiro atoms. The first kappa shape index (κ1) is 17.9. The van der Waals surface area contributed by atoms with E-state index in [9.17, 15) is 0 Å². The average molecular weight is 625 g/mol. The Morgan fingerprint density at radius 3 is 1.43 bits per heavy atom. The third-order valence-corrected chi connectivity index (χ3v) is 9.58. The van der Waals surface area contributed by atoms with Gasteiger partial charge in [0.25, 0.3) is 0 Å². The third-order valence-electron chi connectivity index (χ3n) is 3.49. The van der Waals surface area contributed by atoms with E-state index in [0.29, 0.717) is 0 Å². The molecule has 0 aliphatic heterocycles. The predicted octanol–water partition coefficient (Wildman–Crippen LogP) is 8.83. The Morgan fingerprint density at radius 2 is 0.870 bits per heavy atom. The van der Waals surface area contributed by atoms with Gasteiger partial charge in [-0.1, -0.05) is 54.6 Å². The van der Waals surface area contributed by atoms with E-state index in [1.807, 2.05) is 6.07 Å². The normalized spacial score (nSPS) is 10.8. The van der Waals surface area contributed by atoms with Gasteiger partial charge < -0.3 is 0 Å². The van der Waals surface area contributed by atoms with Gasteiger partial charge in [0.15, 0.2) is 0 Å². The van der Waals surface area contributed by atoms with Gasteiger partial charge in [-0.2, -0.15) is 0 Å². The van der Waals surface area contributed by atoms with Gasteiger partial charge in [-0.25, -0.2) is 0 Å². The zero-order chi connectivity index (χ0) is 16.6. The van der Waals surface area contributed by atoms with Crippen LogP contribution in [0.15, 0.2) is 77.0 Å². The van der Waals surface area contributed by atoms with Crippen molar-refractivity contribution in [3.8, 4) is 22.3 Å². The molecule has 23 heavy (non-hydrogen) atoms. The van der Waals surface area contributed by atoms with Gasteiger partial charge in [0.1, 0.15) is 0 Å². The van der Waals surface area contributed by atoms with E-state index < -0.39 is 0 Å². The molecule has 0 aromatic heterocycles. The van der Waals surface area contributed by atoms with E-state index in [4.69, 9.17) is 0 Å². The first-order valence-electron chi connectivity index (χ1n) is 6.68. The summed E-state index contributed by atoms with van der Waals surface area (Å²) in [6.45, 7) is 0. The average Bonchev–Trinajstić information content (AvgIpc) is 2.60. The standard InChI is InChI=1S/C18H9Br5/c19-14-13(15(20)17(22)18(23)16(14)21)12-9-5-4-8-11(12)10-6-2-1-3-7-10/h1-9H. The lowest BCUT2D eigenvalue weighted by molar-refractivity contribution is 1.44. The van der Waals surface area contributed by atoms with Crippen LogP contribution in [-0.2, 0) is 0 Å². The fraction of sp³-hybridized carbons (Fsp3) is 0. The lowest BCUT2D eigenvalue weighted by atomic mass is 9.95. The molecule has 0 aliphatic rings. The van der Waals surface area contributed by atoms with E-state index in [2.05, 4.69) is 128 Å². The van der Waals surface area contributed by atoms with Crippen LogP contribution in [0, 0.1) is 0 Å². The Kier molecular flexibility index (Phi) is 5.85. The van der Waals surface area contributed by atoms with Crippen LogP contribution in [0.5, 0.6) is 0 Å². The van der Waals surface area contributed by atoms with Crippen molar-refractivity contribution >= 4 is 79.6 Å². The summed E-state index contributed by atoms with van der Waals surface area (Å²) >= 11 is 18.4. The van der Waals surface area contributed by atoms with E-state index in [1.165, 1.54) is 11.1 Å².